The fourth-order valence-corrected chi connectivity index (χ4v) is 0.829. The molecule has 1 atom stereocenters. The van der Waals surface area contributed by atoms with Crippen LogP contribution < -0.4 is 5.32 Å². The third kappa shape index (κ3) is 3.70. The Kier molecular flexibility index (Phi) is 4.65. The first-order chi connectivity index (χ1) is 5.04. The van der Waals surface area contributed by atoms with E-state index in [1.54, 1.807) is 0 Å². The standard InChI is InChI=1S/C8H19NO2/c1-5-6-9-8(2,3)7(10)11-4/h7,9-10H,5-6H2,1-4H3. The lowest BCUT2D eigenvalue weighted by atomic mass is 10.1. The van der Waals surface area contributed by atoms with E-state index in [0.29, 0.717) is 0 Å². The fourth-order valence-electron chi connectivity index (χ4n) is 0.829. The molecule has 0 saturated heterocycles. The maximum absolute atomic E-state index is 9.33. The molecule has 0 aliphatic heterocycles. The molecule has 0 bridgehead atoms. The molecule has 0 amide bonds. The second-order valence-electron chi connectivity index (χ2n) is 3.24. The lowest BCUT2D eigenvalue weighted by Crippen LogP contribution is -2.50. The summed E-state index contributed by atoms with van der Waals surface area (Å²) in [5, 5.41) is 12.5. The van der Waals surface area contributed by atoms with Crippen molar-refractivity contribution in [1.29, 1.82) is 0 Å². The van der Waals surface area contributed by atoms with Crippen LogP contribution in [0.3, 0.4) is 0 Å². The van der Waals surface area contributed by atoms with Gasteiger partial charge in [0.05, 0.1) is 5.54 Å². The number of rotatable bonds is 5. The number of hydrogen-bond donors (Lipinski definition) is 2. The largest absolute Gasteiger partial charge is 0.366 e. The Morgan fingerprint density at radius 1 is 1.55 bits per heavy atom. The van der Waals surface area contributed by atoms with Crippen molar-refractivity contribution in [3.8, 4) is 0 Å². The highest BCUT2D eigenvalue weighted by Crippen LogP contribution is 2.08. The van der Waals surface area contributed by atoms with Gasteiger partial charge in [0.15, 0.2) is 6.29 Å². The monoisotopic (exact) mass is 161 g/mol. The number of aliphatic hydroxyl groups excluding tert-OH is 1. The molecule has 0 aromatic heterocycles. The van der Waals surface area contributed by atoms with Crippen LogP contribution >= 0.6 is 0 Å². The van der Waals surface area contributed by atoms with Gasteiger partial charge >= 0.3 is 0 Å². The summed E-state index contributed by atoms with van der Waals surface area (Å²) < 4.78 is 4.81. The van der Waals surface area contributed by atoms with Crippen LogP contribution in [0.1, 0.15) is 27.2 Å². The Balaban J connectivity index is 3.77. The van der Waals surface area contributed by atoms with E-state index in [1.165, 1.54) is 7.11 Å². The van der Waals surface area contributed by atoms with E-state index in [2.05, 4.69) is 12.2 Å². The maximum Gasteiger partial charge on any atom is 0.171 e. The summed E-state index contributed by atoms with van der Waals surface area (Å²) in [7, 11) is 1.50. The Labute approximate surface area is 68.8 Å². The third-order valence-electron chi connectivity index (χ3n) is 1.67. The Morgan fingerprint density at radius 3 is 2.45 bits per heavy atom. The number of hydrogen-bond acceptors (Lipinski definition) is 3. The summed E-state index contributed by atoms with van der Waals surface area (Å²) in [6, 6.07) is 0. The molecule has 0 spiro atoms. The molecule has 0 saturated carbocycles. The zero-order chi connectivity index (χ0) is 8.91. The third-order valence-corrected chi connectivity index (χ3v) is 1.67. The second-order valence-corrected chi connectivity index (χ2v) is 3.24. The van der Waals surface area contributed by atoms with Gasteiger partial charge in [-0.1, -0.05) is 6.92 Å². The van der Waals surface area contributed by atoms with Crippen LogP contribution in [0.15, 0.2) is 0 Å². The molecule has 0 heterocycles. The van der Waals surface area contributed by atoms with Crippen molar-refractivity contribution in [1.82, 2.24) is 5.32 Å². The van der Waals surface area contributed by atoms with E-state index in [9.17, 15) is 5.11 Å². The topological polar surface area (TPSA) is 41.5 Å². The first kappa shape index (κ1) is 10.9. The summed E-state index contributed by atoms with van der Waals surface area (Å²) >= 11 is 0. The molecule has 0 radical (unpaired) electrons. The lowest BCUT2D eigenvalue weighted by Gasteiger charge is -2.30. The van der Waals surface area contributed by atoms with Gasteiger partial charge in [0.1, 0.15) is 0 Å². The lowest BCUT2D eigenvalue weighted by molar-refractivity contribution is -0.123. The van der Waals surface area contributed by atoms with Crippen molar-refractivity contribution in [2.45, 2.75) is 39.0 Å². The predicted molar refractivity (Wildman–Crippen MR) is 45.4 cm³/mol. The molecule has 0 aromatic carbocycles. The Morgan fingerprint density at radius 2 is 2.09 bits per heavy atom. The smallest absolute Gasteiger partial charge is 0.171 e. The van der Waals surface area contributed by atoms with E-state index in [0.717, 1.165) is 13.0 Å². The molecule has 3 heteroatoms. The molecule has 1 unspecified atom stereocenters. The molecule has 0 rings (SSSR count). The van der Waals surface area contributed by atoms with Crippen molar-refractivity contribution >= 4 is 0 Å². The highest BCUT2D eigenvalue weighted by atomic mass is 16.6. The first-order valence-corrected chi connectivity index (χ1v) is 4.00. The van der Waals surface area contributed by atoms with Crippen LogP contribution in [0.5, 0.6) is 0 Å². The van der Waals surface area contributed by atoms with Gasteiger partial charge in [0.2, 0.25) is 0 Å². The van der Waals surface area contributed by atoms with Gasteiger partial charge in [0, 0.05) is 7.11 Å². The summed E-state index contributed by atoms with van der Waals surface area (Å²) in [6.07, 6.45) is 0.314. The highest BCUT2D eigenvalue weighted by molar-refractivity contribution is 4.79. The minimum absolute atomic E-state index is 0.356. The predicted octanol–water partition coefficient (Wildman–Crippen LogP) is 0.729. The molecule has 0 aromatic rings. The van der Waals surface area contributed by atoms with Crippen molar-refractivity contribution in [3.05, 3.63) is 0 Å². The van der Waals surface area contributed by atoms with E-state index in [1.807, 2.05) is 13.8 Å². The Bertz CT molecular complexity index is 104. The average Bonchev–Trinajstić information content (AvgIpc) is 1.99. The van der Waals surface area contributed by atoms with Crippen LogP contribution in [-0.2, 0) is 4.74 Å². The molecular formula is C8H19NO2. The summed E-state index contributed by atoms with van der Waals surface area (Å²) in [5.41, 5.74) is -0.356. The minimum Gasteiger partial charge on any atom is -0.366 e. The summed E-state index contributed by atoms with van der Waals surface area (Å²) in [6.45, 7) is 6.81. The van der Waals surface area contributed by atoms with Gasteiger partial charge in [0.25, 0.3) is 0 Å². The molecule has 2 N–H and O–H groups in total. The quantitative estimate of drug-likeness (QED) is 0.584. The first-order valence-electron chi connectivity index (χ1n) is 4.00. The van der Waals surface area contributed by atoms with E-state index in [4.69, 9.17) is 4.74 Å². The van der Waals surface area contributed by atoms with Gasteiger partial charge in [-0.15, -0.1) is 0 Å². The van der Waals surface area contributed by atoms with E-state index < -0.39 is 6.29 Å². The van der Waals surface area contributed by atoms with E-state index in [-0.39, 0.29) is 5.54 Å². The normalized spacial score (nSPS) is 15.0. The van der Waals surface area contributed by atoms with E-state index >= 15 is 0 Å². The molecule has 3 nitrogen and oxygen atoms in total. The van der Waals surface area contributed by atoms with Crippen molar-refractivity contribution in [2.24, 2.45) is 0 Å². The van der Waals surface area contributed by atoms with Crippen LogP contribution in [-0.4, -0.2) is 30.6 Å². The fraction of sp³-hybridized carbons (Fsp3) is 1.00. The van der Waals surface area contributed by atoms with Crippen molar-refractivity contribution in [2.75, 3.05) is 13.7 Å². The summed E-state index contributed by atoms with van der Waals surface area (Å²) in [5.74, 6) is 0. The molecule has 0 aliphatic carbocycles. The Hall–Kier alpha value is -0.120. The van der Waals surface area contributed by atoms with Crippen LogP contribution in [0.25, 0.3) is 0 Å². The SMILES string of the molecule is CCCNC(C)(C)C(O)OC. The number of methoxy groups -OCH3 is 1. The van der Waals surface area contributed by atoms with Gasteiger partial charge in [-0.05, 0) is 26.8 Å². The number of aliphatic hydroxyl groups is 1. The molecule has 0 aliphatic rings. The minimum atomic E-state index is -0.742. The average molecular weight is 161 g/mol. The number of ether oxygens (including phenoxy) is 1. The highest BCUT2D eigenvalue weighted by Gasteiger charge is 2.26. The van der Waals surface area contributed by atoms with Crippen LogP contribution in [0, 0.1) is 0 Å². The number of nitrogens with one attached hydrogen (secondary N) is 1. The van der Waals surface area contributed by atoms with Gasteiger partial charge in [-0.2, -0.15) is 0 Å². The molecular weight excluding hydrogens is 142 g/mol. The molecule has 11 heavy (non-hydrogen) atoms. The zero-order valence-corrected chi connectivity index (χ0v) is 7.85. The van der Waals surface area contributed by atoms with Crippen molar-refractivity contribution < 1.29 is 9.84 Å². The second kappa shape index (κ2) is 4.70. The zero-order valence-electron chi connectivity index (χ0n) is 7.85. The maximum atomic E-state index is 9.33. The molecule has 68 valence electrons. The molecule has 0 fully saturated rings. The van der Waals surface area contributed by atoms with Crippen molar-refractivity contribution in [3.63, 3.8) is 0 Å². The van der Waals surface area contributed by atoms with Crippen LogP contribution in [0.2, 0.25) is 0 Å². The van der Waals surface area contributed by atoms with Gasteiger partial charge in [-0.3, -0.25) is 0 Å². The van der Waals surface area contributed by atoms with Crippen LogP contribution in [0.4, 0.5) is 0 Å². The van der Waals surface area contributed by atoms with Gasteiger partial charge < -0.3 is 15.2 Å². The summed E-state index contributed by atoms with van der Waals surface area (Å²) in [4.78, 5) is 0. The van der Waals surface area contributed by atoms with Gasteiger partial charge in [-0.25, -0.2) is 0 Å².